The average molecular weight is 250 g/mol. The molecular weight excluding hydrogens is 230 g/mol. The quantitative estimate of drug-likeness (QED) is 0.616. The van der Waals surface area contributed by atoms with Gasteiger partial charge in [-0.2, -0.15) is 0 Å². The van der Waals surface area contributed by atoms with E-state index in [2.05, 4.69) is 11.1 Å². The first-order valence-corrected chi connectivity index (χ1v) is 5.80. The van der Waals surface area contributed by atoms with Gasteiger partial charge in [0.1, 0.15) is 0 Å². The number of rotatable bonds is 5. The molecule has 5 nitrogen and oxygen atoms in total. The van der Waals surface area contributed by atoms with Crippen LogP contribution in [0.15, 0.2) is 30.5 Å². The minimum Gasteiger partial charge on any atom is -0.313 e. The number of nitrogens with zero attached hydrogens (tertiary/aromatic N) is 2. The number of benzene rings is 1. The van der Waals surface area contributed by atoms with Crippen molar-refractivity contribution < 1.29 is 9.82 Å². The van der Waals surface area contributed by atoms with Crippen molar-refractivity contribution >= 4 is 11.3 Å². The molecule has 0 aliphatic heterocycles. The van der Waals surface area contributed by atoms with Gasteiger partial charge in [0.25, 0.3) is 5.69 Å². The first-order chi connectivity index (χ1) is 8.40. The highest BCUT2D eigenvalue weighted by molar-refractivity contribution is 5.66. The average Bonchev–Trinajstić information content (AvgIpc) is 2.27. The second kappa shape index (κ2) is 6.28. The van der Waals surface area contributed by atoms with Gasteiger partial charge in [0, 0.05) is 24.3 Å². The summed E-state index contributed by atoms with van der Waals surface area (Å²) in [4.78, 5) is 13.5. The standard InChI is InChI=1S/C13H19N3O2/c1-14(2)9-12(10-15(3)4)11-5-7-13(8-6-11)16(17)18/h5-9H,10H2,1-4H3/p+1/b12-9-. The molecule has 0 spiro atoms. The second-order valence-corrected chi connectivity index (χ2v) is 4.79. The second-order valence-electron chi connectivity index (χ2n) is 4.79. The molecule has 18 heavy (non-hydrogen) atoms. The van der Waals surface area contributed by atoms with E-state index in [1.54, 1.807) is 24.3 Å². The van der Waals surface area contributed by atoms with Crippen LogP contribution < -0.4 is 4.90 Å². The summed E-state index contributed by atoms with van der Waals surface area (Å²) in [6, 6.07) is 6.69. The van der Waals surface area contributed by atoms with Crippen LogP contribution in [-0.4, -0.2) is 44.6 Å². The third-order valence-electron chi connectivity index (χ3n) is 2.40. The molecule has 5 heteroatoms. The van der Waals surface area contributed by atoms with E-state index in [0.717, 1.165) is 17.7 Å². The van der Waals surface area contributed by atoms with Gasteiger partial charge in [-0.3, -0.25) is 10.1 Å². The number of hydrogen-bond donors (Lipinski definition) is 1. The number of quaternary nitrogens is 1. The van der Waals surface area contributed by atoms with E-state index >= 15 is 0 Å². The monoisotopic (exact) mass is 250 g/mol. The largest absolute Gasteiger partial charge is 0.313 e. The van der Waals surface area contributed by atoms with Gasteiger partial charge in [0.15, 0.2) is 0 Å². The van der Waals surface area contributed by atoms with Gasteiger partial charge in [-0.05, 0) is 31.8 Å². The number of likely N-dealkylation sites (N-methyl/N-ethyl adjacent to an activating group) is 1. The van der Waals surface area contributed by atoms with Gasteiger partial charge in [-0.15, -0.1) is 0 Å². The minimum absolute atomic E-state index is 0.125. The Morgan fingerprint density at radius 2 is 1.89 bits per heavy atom. The number of nitrogens with one attached hydrogen (secondary N) is 1. The minimum atomic E-state index is -0.379. The molecule has 0 heterocycles. The lowest BCUT2D eigenvalue weighted by molar-refractivity contribution is -0.800. The fourth-order valence-electron chi connectivity index (χ4n) is 1.71. The Morgan fingerprint density at radius 1 is 1.33 bits per heavy atom. The van der Waals surface area contributed by atoms with Crippen molar-refractivity contribution in [1.82, 2.24) is 4.90 Å². The van der Waals surface area contributed by atoms with Crippen LogP contribution in [0.25, 0.3) is 5.57 Å². The highest BCUT2D eigenvalue weighted by atomic mass is 16.6. The van der Waals surface area contributed by atoms with Crippen LogP contribution in [0.3, 0.4) is 0 Å². The van der Waals surface area contributed by atoms with E-state index in [0.29, 0.717) is 0 Å². The number of hydrogen-bond acceptors (Lipinski definition) is 3. The molecule has 1 aromatic carbocycles. The van der Waals surface area contributed by atoms with Crippen molar-refractivity contribution in [3.8, 4) is 0 Å². The van der Waals surface area contributed by atoms with Gasteiger partial charge < -0.3 is 9.80 Å². The summed E-state index contributed by atoms with van der Waals surface area (Å²) >= 11 is 0. The Labute approximate surface area is 107 Å². The third-order valence-corrected chi connectivity index (χ3v) is 2.40. The highest BCUT2D eigenvalue weighted by Gasteiger charge is 2.09. The van der Waals surface area contributed by atoms with Gasteiger partial charge in [0.2, 0.25) is 0 Å². The molecule has 98 valence electrons. The molecule has 0 fully saturated rings. The molecule has 0 aromatic heterocycles. The van der Waals surface area contributed by atoms with Crippen molar-refractivity contribution in [3.63, 3.8) is 0 Å². The molecule has 1 N–H and O–H groups in total. The van der Waals surface area contributed by atoms with Crippen LogP contribution in [0.5, 0.6) is 0 Å². The molecule has 0 aliphatic carbocycles. The summed E-state index contributed by atoms with van der Waals surface area (Å²) in [5, 5.41) is 10.6. The Morgan fingerprint density at radius 3 is 2.28 bits per heavy atom. The van der Waals surface area contributed by atoms with Gasteiger partial charge in [-0.25, -0.2) is 0 Å². The summed E-state index contributed by atoms with van der Waals surface area (Å²) in [5.41, 5.74) is 2.31. The Hall–Kier alpha value is -1.72. The normalized spacial score (nSPS) is 12.2. The van der Waals surface area contributed by atoms with Crippen LogP contribution in [0, 0.1) is 10.1 Å². The van der Waals surface area contributed by atoms with Crippen molar-refractivity contribution in [2.45, 2.75) is 0 Å². The topological polar surface area (TPSA) is 50.8 Å². The molecule has 0 radical (unpaired) electrons. The predicted octanol–water partition coefficient (Wildman–Crippen LogP) is 0.642. The molecule has 0 amide bonds. The number of non-ortho nitro benzene ring substituents is 1. The smallest absolute Gasteiger partial charge is 0.269 e. The van der Waals surface area contributed by atoms with E-state index in [4.69, 9.17) is 0 Å². The summed E-state index contributed by atoms with van der Waals surface area (Å²) in [6.07, 6.45) is 2.11. The zero-order chi connectivity index (χ0) is 13.7. The molecule has 1 aromatic rings. The Balaban J connectivity index is 3.02. The van der Waals surface area contributed by atoms with Crippen LogP contribution in [0.4, 0.5) is 5.69 Å². The van der Waals surface area contributed by atoms with E-state index in [-0.39, 0.29) is 10.6 Å². The van der Waals surface area contributed by atoms with Crippen molar-refractivity contribution in [1.29, 1.82) is 0 Å². The highest BCUT2D eigenvalue weighted by Crippen LogP contribution is 2.18. The first kappa shape index (κ1) is 14.3. The zero-order valence-corrected chi connectivity index (χ0v) is 11.3. The maximum absolute atomic E-state index is 10.6. The predicted molar refractivity (Wildman–Crippen MR) is 72.4 cm³/mol. The molecular formula is C13H20N3O2+. The van der Waals surface area contributed by atoms with Crippen molar-refractivity contribution in [2.75, 3.05) is 34.7 Å². The maximum Gasteiger partial charge on any atom is 0.269 e. The Bertz CT molecular complexity index is 436. The molecule has 0 aliphatic rings. The van der Waals surface area contributed by atoms with Gasteiger partial charge in [0.05, 0.1) is 25.2 Å². The van der Waals surface area contributed by atoms with Gasteiger partial charge >= 0.3 is 0 Å². The fourth-order valence-corrected chi connectivity index (χ4v) is 1.71. The summed E-state index contributed by atoms with van der Waals surface area (Å²) < 4.78 is 0. The van der Waals surface area contributed by atoms with Crippen LogP contribution >= 0.6 is 0 Å². The van der Waals surface area contributed by atoms with E-state index in [9.17, 15) is 10.1 Å². The van der Waals surface area contributed by atoms with E-state index in [1.165, 1.54) is 4.90 Å². The fraction of sp³-hybridized carbons (Fsp3) is 0.385. The van der Waals surface area contributed by atoms with Crippen molar-refractivity contribution in [3.05, 3.63) is 46.1 Å². The van der Waals surface area contributed by atoms with E-state index < -0.39 is 0 Å². The molecule has 0 saturated heterocycles. The maximum atomic E-state index is 10.6. The van der Waals surface area contributed by atoms with E-state index in [1.807, 2.05) is 28.2 Å². The molecule has 0 bridgehead atoms. The lowest BCUT2D eigenvalue weighted by atomic mass is 10.1. The SMILES string of the molecule is CN(C)C/C(=C/[NH+](C)C)c1ccc([N+](=O)[O-])cc1. The molecule has 0 unspecified atom stereocenters. The lowest BCUT2D eigenvalue weighted by Gasteiger charge is -2.14. The molecule has 1 rings (SSSR count). The lowest BCUT2D eigenvalue weighted by Crippen LogP contribution is -3.00. The zero-order valence-electron chi connectivity index (χ0n) is 11.3. The summed E-state index contributed by atoms with van der Waals surface area (Å²) in [6.45, 7) is 0.809. The van der Waals surface area contributed by atoms with Crippen molar-refractivity contribution in [2.24, 2.45) is 0 Å². The molecule has 0 atom stereocenters. The summed E-state index contributed by atoms with van der Waals surface area (Å²) in [5.74, 6) is 0. The number of nitro groups is 1. The third kappa shape index (κ3) is 4.27. The molecule has 0 saturated carbocycles. The Kier molecular flexibility index (Phi) is 5.00. The van der Waals surface area contributed by atoms with Crippen LogP contribution in [-0.2, 0) is 0 Å². The first-order valence-electron chi connectivity index (χ1n) is 5.80. The summed E-state index contributed by atoms with van der Waals surface area (Å²) in [7, 11) is 8.09. The van der Waals surface area contributed by atoms with Crippen LogP contribution in [0.2, 0.25) is 0 Å². The van der Waals surface area contributed by atoms with Crippen LogP contribution in [0.1, 0.15) is 5.56 Å². The number of nitro benzene ring substituents is 1. The van der Waals surface area contributed by atoms with Gasteiger partial charge in [-0.1, -0.05) is 0 Å².